The molecule has 1 rings (SSSR count). The Morgan fingerprint density at radius 1 is 1.12 bits per heavy atom. The van der Waals surface area contributed by atoms with Crippen molar-refractivity contribution < 1.29 is 9.47 Å². The number of rotatable bonds is 5. The van der Waals surface area contributed by atoms with Gasteiger partial charge in [-0.15, -0.1) is 0 Å². The predicted octanol–water partition coefficient (Wildman–Crippen LogP) is 3.23. The van der Waals surface area contributed by atoms with Crippen LogP contribution in [0.1, 0.15) is 34.1 Å². The van der Waals surface area contributed by atoms with Gasteiger partial charge in [0.2, 0.25) is 0 Å². The van der Waals surface area contributed by atoms with Crippen molar-refractivity contribution in [2.24, 2.45) is 0 Å². The minimum absolute atomic E-state index is 0.112. The van der Waals surface area contributed by atoms with E-state index in [1.54, 1.807) is 0 Å². The Hall–Kier alpha value is -1.38. The van der Waals surface area contributed by atoms with E-state index in [1.807, 2.05) is 39.0 Å². The smallest absolute Gasteiger partial charge is 0.146 e. The molecule has 0 saturated carbocycles. The lowest BCUT2D eigenvalue weighted by Gasteiger charge is -2.17. The van der Waals surface area contributed by atoms with Gasteiger partial charge in [0.05, 0.1) is 12.2 Å². The van der Waals surface area contributed by atoms with Crippen molar-refractivity contribution in [1.29, 1.82) is 0 Å². The van der Waals surface area contributed by atoms with Crippen molar-refractivity contribution >= 4 is 5.69 Å². The van der Waals surface area contributed by atoms with Gasteiger partial charge in [-0.05, 0) is 39.3 Å². The zero-order valence-electron chi connectivity index (χ0n) is 10.5. The first-order valence-electron chi connectivity index (χ1n) is 5.76. The zero-order valence-corrected chi connectivity index (χ0v) is 10.5. The van der Waals surface area contributed by atoms with Gasteiger partial charge in [0, 0.05) is 0 Å². The van der Waals surface area contributed by atoms with E-state index in [0.29, 0.717) is 17.2 Å². The van der Waals surface area contributed by atoms with E-state index in [0.717, 1.165) is 6.42 Å². The predicted molar refractivity (Wildman–Crippen MR) is 67.0 cm³/mol. The van der Waals surface area contributed by atoms with E-state index in [-0.39, 0.29) is 12.2 Å². The molecule has 0 bridgehead atoms. The minimum Gasteiger partial charge on any atom is -0.489 e. The molecule has 1 aromatic carbocycles. The molecule has 0 saturated heterocycles. The maximum absolute atomic E-state index is 5.98. The Morgan fingerprint density at radius 3 is 2.19 bits per heavy atom. The summed E-state index contributed by atoms with van der Waals surface area (Å²) in [7, 11) is 0. The van der Waals surface area contributed by atoms with Crippen LogP contribution >= 0.6 is 0 Å². The standard InChI is InChI=1S/C13H21NO2/c1-5-10(4)16-12-8-6-7-11(13(12)14)15-9(2)3/h6-10H,5,14H2,1-4H3. The molecular formula is C13H21NO2. The number of para-hydroxylation sites is 1. The van der Waals surface area contributed by atoms with E-state index in [1.165, 1.54) is 0 Å². The van der Waals surface area contributed by atoms with Crippen molar-refractivity contribution in [3.63, 3.8) is 0 Å². The molecule has 1 aromatic rings. The maximum atomic E-state index is 5.98. The highest BCUT2D eigenvalue weighted by molar-refractivity contribution is 5.62. The first-order valence-corrected chi connectivity index (χ1v) is 5.76. The molecule has 0 amide bonds. The fourth-order valence-corrected chi connectivity index (χ4v) is 1.28. The summed E-state index contributed by atoms with van der Waals surface area (Å²) in [4.78, 5) is 0. The van der Waals surface area contributed by atoms with Gasteiger partial charge in [0.25, 0.3) is 0 Å². The van der Waals surface area contributed by atoms with Crippen LogP contribution in [0.5, 0.6) is 11.5 Å². The van der Waals surface area contributed by atoms with Gasteiger partial charge in [-0.2, -0.15) is 0 Å². The summed E-state index contributed by atoms with van der Waals surface area (Å²) < 4.78 is 11.3. The molecule has 90 valence electrons. The second-order valence-corrected chi connectivity index (χ2v) is 4.17. The third kappa shape index (κ3) is 3.33. The van der Waals surface area contributed by atoms with Crippen molar-refractivity contribution in [3.05, 3.63) is 18.2 Å². The summed E-state index contributed by atoms with van der Waals surface area (Å²) in [5.41, 5.74) is 6.56. The van der Waals surface area contributed by atoms with E-state index >= 15 is 0 Å². The number of anilines is 1. The van der Waals surface area contributed by atoms with Crippen molar-refractivity contribution in [2.45, 2.75) is 46.3 Å². The number of nitrogen functional groups attached to an aromatic ring is 1. The molecule has 1 unspecified atom stereocenters. The second-order valence-electron chi connectivity index (χ2n) is 4.17. The van der Waals surface area contributed by atoms with Gasteiger partial charge < -0.3 is 15.2 Å². The summed E-state index contributed by atoms with van der Waals surface area (Å²) in [6, 6.07) is 5.62. The van der Waals surface area contributed by atoms with Crippen LogP contribution in [0.25, 0.3) is 0 Å². The van der Waals surface area contributed by atoms with E-state index in [2.05, 4.69) is 6.92 Å². The molecule has 3 nitrogen and oxygen atoms in total. The molecule has 0 aliphatic rings. The Balaban J connectivity index is 2.86. The highest BCUT2D eigenvalue weighted by atomic mass is 16.5. The SMILES string of the molecule is CCC(C)Oc1cccc(OC(C)C)c1N. The number of hydrogen-bond donors (Lipinski definition) is 1. The van der Waals surface area contributed by atoms with Crippen LogP contribution in [0, 0.1) is 0 Å². The number of ether oxygens (including phenoxy) is 2. The van der Waals surface area contributed by atoms with Crippen LogP contribution < -0.4 is 15.2 Å². The summed E-state index contributed by atoms with van der Waals surface area (Å²) in [5, 5.41) is 0. The molecule has 0 heterocycles. The average Bonchev–Trinajstić information content (AvgIpc) is 2.23. The fourth-order valence-electron chi connectivity index (χ4n) is 1.28. The Labute approximate surface area is 97.6 Å². The third-order valence-corrected chi connectivity index (χ3v) is 2.29. The summed E-state index contributed by atoms with van der Waals surface area (Å²) in [6.45, 7) is 8.05. The summed E-state index contributed by atoms with van der Waals surface area (Å²) in [6.07, 6.45) is 1.23. The Morgan fingerprint density at radius 2 is 1.69 bits per heavy atom. The van der Waals surface area contributed by atoms with E-state index in [9.17, 15) is 0 Å². The topological polar surface area (TPSA) is 44.5 Å². The van der Waals surface area contributed by atoms with Gasteiger partial charge >= 0.3 is 0 Å². The van der Waals surface area contributed by atoms with Crippen molar-refractivity contribution in [1.82, 2.24) is 0 Å². The van der Waals surface area contributed by atoms with Crippen LogP contribution in [0.4, 0.5) is 5.69 Å². The maximum Gasteiger partial charge on any atom is 0.146 e. The largest absolute Gasteiger partial charge is 0.489 e. The first-order chi connectivity index (χ1) is 7.54. The van der Waals surface area contributed by atoms with Crippen molar-refractivity contribution in [3.8, 4) is 11.5 Å². The van der Waals surface area contributed by atoms with Crippen LogP contribution in [-0.4, -0.2) is 12.2 Å². The van der Waals surface area contributed by atoms with Crippen LogP contribution in [0.3, 0.4) is 0 Å². The molecule has 16 heavy (non-hydrogen) atoms. The molecule has 3 heteroatoms. The van der Waals surface area contributed by atoms with Gasteiger partial charge in [-0.3, -0.25) is 0 Å². The fraction of sp³-hybridized carbons (Fsp3) is 0.538. The summed E-state index contributed by atoms with van der Waals surface area (Å²) in [5.74, 6) is 1.39. The first kappa shape index (κ1) is 12.7. The molecule has 0 fully saturated rings. The zero-order chi connectivity index (χ0) is 12.1. The monoisotopic (exact) mass is 223 g/mol. The normalized spacial score (nSPS) is 12.6. The van der Waals surface area contributed by atoms with Gasteiger partial charge in [-0.1, -0.05) is 13.0 Å². The van der Waals surface area contributed by atoms with Crippen molar-refractivity contribution in [2.75, 3.05) is 5.73 Å². The lowest BCUT2D eigenvalue weighted by Crippen LogP contribution is -2.12. The molecular weight excluding hydrogens is 202 g/mol. The number of nitrogens with two attached hydrogens (primary N) is 1. The Bertz CT molecular complexity index is 337. The van der Waals surface area contributed by atoms with Gasteiger partial charge in [0.15, 0.2) is 0 Å². The number of benzene rings is 1. The Kier molecular flexibility index (Phi) is 4.47. The molecule has 2 N–H and O–H groups in total. The second kappa shape index (κ2) is 5.64. The third-order valence-electron chi connectivity index (χ3n) is 2.29. The van der Waals surface area contributed by atoms with Gasteiger partial charge in [-0.25, -0.2) is 0 Å². The molecule has 0 spiro atoms. The number of hydrogen-bond acceptors (Lipinski definition) is 3. The van der Waals surface area contributed by atoms with Crippen LogP contribution in [0.2, 0.25) is 0 Å². The van der Waals surface area contributed by atoms with Gasteiger partial charge in [0.1, 0.15) is 17.2 Å². The molecule has 0 aliphatic carbocycles. The average molecular weight is 223 g/mol. The quantitative estimate of drug-likeness (QED) is 0.779. The van der Waals surface area contributed by atoms with E-state index in [4.69, 9.17) is 15.2 Å². The molecule has 0 aliphatic heterocycles. The van der Waals surface area contributed by atoms with Crippen LogP contribution in [0.15, 0.2) is 18.2 Å². The molecule has 1 atom stereocenters. The lowest BCUT2D eigenvalue weighted by atomic mass is 10.2. The highest BCUT2D eigenvalue weighted by Gasteiger charge is 2.10. The molecule has 0 radical (unpaired) electrons. The van der Waals surface area contributed by atoms with Crippen LogP contribution in [-0.2, 0) is 0 Å². The molecule has 0 aromatic heterocycles. The lowest BCUT2D eigenvalue weighted by molar-refractivity contribution is 0.214. The minimum atomic E-state index is 0.112. The highest BCUT2D eigenvalue weighted by Crippen LogP contribution is 2.32. The summed E-state index contributed by atoms with van der Waals surface area (Å²) >= 11 is 0. The van der Waals surface area contributed by atoms with E-state index < -0.39 is 0 Å².